The van der Waals surface area contributed by atoms with E-state index >= 15 is 0 Å². The Morgan fingerprint density at radius 3 is 3.19 bits per heavy atom. The predicted octanol–water partition coefficient (Wildman–Crippen LogP) is 2.41. The lowest BCUT2D eigenvalue weighted by atomic mass is 10.0. The minimum Gasteiger partial charge on any atom is -0.373 e. The van der Waals surface area contributed by atoms with Gasteiger partial charge in [-0.25, -0.2) is 0 Å². The molecular formula is C15H19N3O2S. The van der Waals surface area contributed by atoms with Gasteiger partial charge >= 0.3 is 0 Å². The molecule has 0 bridgehead atoms. The second-order valence-corrected chi connectivity index (χ2v) is 6.30. The minimum atomic E-state index is -0.105. The van der Waals surface area contributed by atoms with E-state index in [1.54, 1.807) is 11.3 Å². The molecule has 0 aliphatic carbocycles. The first-order chi connectivity index (χ1) is 10.1. The van der Waals surface area contributed by atoms with Crippen LogP contribution in [0.4, 0.5) is 0 Å². The molecule has 1 atom stereocenters. The summed E-state index contributed by atoms with van der Waals surface area (Å²) in [4.78, 5) is 13.5. The number of amides is 1. The van der Waals surface area contributed by atoms with Crippen molar-refractivity contribution in [1.29, 1.82) is 0 Å². The number of carbonyl (C=O) groups excluding carboxylic acids is 1. The largest absolute Gasteiger partial charge is 0.373 e. The number of aromatic nitrogens is 2. The van der Waals surface area contributed by atoms with Crippen LogP contribution in [0, 0.1) is 13.8 Å². The Bertz CT molecular complexity index is 628. The third-order valence-electron chi connectivity index (χ3n) is 3.89. The standard InChI is InChI=1S/C15H19N3O2S/c1-9-12(10(2)18-17-9)8-16-15(19)7-13-11-4-6-21-14(11)3-5-20-13/h4,6,13H,3,5,7-8H2,1-2H3,(H,16,19)(H,17,18)/t13-/m0/s1. The number of ether oxygens (including phenoxy) is 1. The molecule has 112 valence electrons. The highest BCUT2D eigenvalue weighted by molar-refractivity contribution is 7.10. The molecule has 0 aromatic carbocycles. The highest BCUT2D eigenvalue weighted by Gasteiger charge is 2.24. The average molecular weight is 305 g/mol. The third-order valence-corrected chi connectivity index (χ3v) is 4.89. The normalized spacial score (nSPS) is 17.5. The second kappa shape index (κ2) is 5.99. The van der Waals surface area contributed by atoms with Gasteiger partial charge in [-0.15, -0.1) is 11.3 Å². The van der Waals surface area contributed by atoms with Gasteiger partial charge in [-0.2, -0.15) is 5.10 Å². The van der Waals surface area contributed by atoms with Crippen molar-refractivity contribution in [3.05, 3.63) is 38.8 Å². The molecule has 0 unspecified atom stereocenters. The zero-order valence-electron chi connectivity index (χ0n) is 12.2. The molecule has 3 rings (SSSR count). The van der Waals surface area contributed by atoms with E-state index in [4.69, 9.17) is 4.74 Å². The van der Waals surface area contributed by atoms with Crippen molar-refractivity contribution in [2.24, 2.45) is 0 Å². The maximum absolute atomic E-state index is 12.1. The van der Waals surface area contributed by atoms with E-state index < -0.39 is 0 Å². The number of nitrogens with zero attached hydrogens (tertiary/aromatic N) is 1. The molecule has 1 aliphatic heterocycles. The van der Waals surface area contributed by atoms with Crippen LogP contribution in [0.1, 0.15) is 39.9 Å². The second-order valence-electron chi connectivity index (χ2n) is 5.30. The van der Waals surface area contributed by atoms with E-state index in [-0.39, 0.29) is 12.0 Å². The first-order valence-electron chi connectivity index (χ1n) is 7.10. The molecule has 0 radical (unpaired) electrons. The zero-order valence-corrected chi connectivity index (χ0v) is 13.0. The minimum absolute atomic E-state index is 0.0130. The van der Waals surface area contributed by atoms with Crippen LogP contribution in [0.3, 0.4) is 0 Å². The van der Waals surface area contributed by atoms with Crippen molar-refractivity contribution in [3.63, 3.8) is 0 Å². The summed E-state index contributed by atoms with van der Waals surface area (Å²) in [5.41, 5.74) is 4.17. The van der Waals surface area contributed by atoms with Gasteiger partial charge in [0.05, 0.1) is 24.8 Å². The van der Waals surface area contributed by atoms with Gasteiger partial charge in [-0.1, -0.05) is 0 Å². The molecule has 5 nitrogen and oxygen atoms in total. The molecule has 0 fully saturated rings. The van der Waals surface area contributed by atoms with Crippen LogP contribution < -0.4 is 5.32 Å². The van der Waals surface area contributed by atoms with Gasteiger partial charge in [0.2, 0.25) is 5.91 Å². The maximum atomic E-state index is 12.1. The van der Waals surface area contributed by atoms with Crippen molar-refractivity contribution >= 4 is 17.2 Å². The van der Waals surface area contributed by atoms with Crippen LogP contribution >= 0.6 is 11.3 Å². The lowest BCUT2D eigenvalue weighted by molar-refractivity contribution is -0.124. The number of aromatic amines is 1. The van der Waals surface area contributed by atoms with E-state index in [2.05, 4.69) is 27.0 Å². The molecule has 21 heavy (non-hydrogen) atoms. The number of rotatable bonds is 4. The Hall–Kier alpha value is -1.66. The average Bonchev–Trinajstić information content (AvgIpc) is 3.05. The first kappa shape index (κ1) is 14.3. The van der Waals surface area contributed by atoms with Crippen LogP contribution in [-0.2, 0) is 22.5 Å². The molecule has 0 saturated heterocycles. The summed E-state index contributed by atoms with van der Waals surface area (Å²) in [6, 6.07) is 2.07. The summed E-state index contributed by atoms with van der Waals surface area (Å²) in [6.45, 7) is 5.11. The predicted molar refractivity (Wildman–Crippen MR) is 81.2 cm³/mol. The van der Waals surface area contributed by atoms with Crippen LogP contribution in [0.5, 0.6) is 0 Å². The van der Waals surface area contributed by atoms with Crippen LogP contribution in [0.25, 0.3) is 0 Å². The van der Waals surface area contributed by atoms with Crippen molar-refractivity contribution in [1.82, 2.24) is 15.5 Å². The SMILES string of the molecule is Cc1n[nH]c(C)c1CNC(=O)C[C@@H]1OCCc2sccc21. The van der Waals surface area contributed by atoms with E-state index in [1.807, 2.05) is 13.8 Å². The highest BCUT2D eigenvalue weighted by atomic mass is 32.1. The van der Waals surface area contributed by atoms with Crippen molar-refractivity contribution < 1.29 is 9.53 Å². The van der Waals surface area contributed by atoms with E-state index in [9.17, 15) is 4.79 Å². The molecule has 1 aliphatic rings. The third kappa shape index (κ3) is 3.01. The smallest absolute Gasteiger partial charge is 0.223 e. The number of hydrogen-bond donors (Lipinski definition) is 2. The van der Waals surface area contributed by atoms with Gasteiger partial charge in [-0.05, 0) is 30.9 Å². The monoisotopic (exact) mass is 305 g/mol. The quantitative estimate of drug-likeness (QED) is 0.911. The molecule has 2 N–H and O–H groups in total. The van der Waals surface area contributed by atoms with Gasteiger partial charge in [0.25, 0.3) is 0 Å². The van der Waals surface area contributed by atoms with Crippen molar-refractivity contribution in [2.45, 2.75) is 39.3 Å². The molecule has 2 aromatic rings. The molecule has 3 heterocycles. The molecule has 1 amide bonds. The summed E-state index contributed by atoms with van der Waals surface area (Å²) in [5.74, 6) is 0.0130. The van der Waals surface area contributed by atoms with Crippen molar-refractivity contribution in [3.8, 4) is 0 Å². The summed E-state index contributed by atoms with van der Waals surface area (Å²) in [5, 5.41) is 12.1. The fourth-order valence-corrected chi connectivity index (χ4v) is 3.57. The Labute approximate surface area is 127 Å². The molecule has 2 aromatic heterocycles. The highest BCUT2D eigenvalue weighted by Crippen LogP contribution is 2.32. The summed E-state index contributed by atoms with van der Waals surface area (Å²) >= 11 is 1.75. The van der Waals surface area contributed by atoms with E-state index in [1.165, 1.54) is 10.4 Å². The van der Waals surface area contributed by atoms with Gasteiger partial charge in [-0.3, -0.25) is 9.89 Å². The first-order valence-corrected chi connectivity index (χ1v) is 7.98. The number of thiophene rings is 1. The molecule has 0 saturated carbocycles. The lowest BCUT2D eigenvalue weighted by Gasteiger charge is -2.22. The fraction of sp³-hybridized carbons (Fsp3) is 0.467. The number of nitrogens with one attached hydrogen (secondary N) is 2. The molecule has 0 spiro atoms. The summed E-state index contributed by atoms with van der Waals surface area (Å²) < 4.78 is 5.75. The van der Waals surface area contributed by atoms with E-state index in [0.29, 0.717) is 19.6 Å². The lowest BCUT2D eigenvalue weighted by Crippen LogP contribution is -2.27. The number of carbonyl (C=O) groups is 1. The molecular weight excluding hydrogens is 286 g/mol. The maximum Gasteiger partial charge on any atom is 0.223 e. The van der Waals surface area contributed by atoms with Gasteiger partial charge in [0.15, 0.2) is 0 Å². The molecule has 6 heteroatoms. The number of H-pyrrole nitrogens is 1. The zero-order chi connectivity index (χ0) is 14.8. The Morgan fingerprint density at radius 2 is 2.43 bits per heavy atom. The van der Waals surface area contributed by atoms with Gasteiger partial charge in [0, 0.05) is 29.1 Å². The Balaban J connectivity index is 1.58. The number of hydrogen-bond acceptors (Lipinski definition) is 4. The van der Waals surface area contributed by atoms with E-state index in [0.717, 1.165) is 23.4 Å². The Kier molecular flexibility index (Phi) is 4.07. The van der Waals surface area contributed by atoms with Crippen LogP contribution in [-0.4, -0.2) is 22.7 Å². The van der Waals surface area contributed by atoms with Crippen LogP contribution in [0.2, 0.25) is 0 Å². The fourth-order valence-electron chi connectivity index (χ4n) is 2.66. The summed E-state index contributed by atoms with van der Waals surface area (Å²) in [7, 11) is 0. The van der Waals surface area contributed by atoms with Gasteiger partial charge < -0.3 is 10.1 Å². The van der Waals surface area contributed by atoms with Crippen LogP contribution in [0.15, 0.2) is 11.4 Å². The Morgan fingerprint density at radius 1 is 1.57 bits per heavy atom. The van der Waals surface area contributed by atoms with Crippen molar-refractivity contribution in [2.75, 3.05) is 6.61 Å². The van der Waals surface area contributed by atoms with Gasteiger partial charge in [0.1, 0.15) is 0 Å². The summed E-state index contributed by atoms with van der Waals surface area (Å²) in [6.07, 6.45) is 1.23. The number of aryl methyl sites for hydroxylation is 2. The number of fused-ring (bicyclic) bond motifs is 1. The topological polar surface area (TPSA) is 67.0 Å².